The average molecular weight is 324 g/mol. The lowest BCUT2D eigenvalue weighted by Crippen LogP contribution is -1.92. The van der Waals surface area contributed by atoms with E-state index in [0.717, 1.165) is 27.6 Å². The molecule has 0 aliphatic heterocycles. The van der Waals surface area contributed by atoms with Gasteiger partial charge >= 0.3 is 0 Å². The maximum Gasteiger partial charge on any atom is 0.123 e. The van der Waals surface area contributed by atoms with Crippen LogP contribution in [0.25, 0.3) is 11.3 Å². The summed E-state index contributed by atoms with van der Waals surface area (Å²) in [5.74, 6) is 0.536. The summed E-state index contributed by atoms with van der Waals surface area (Å²) in [7, 11) is 0. The van der Waals surface area contributed by atoms with Crippen molar-refractivity contribution in [3.8, 4) is 11.3 Å². The van der Waals surface area contributed by atoms with Gasteiger partial charge < -0.3 is 0 Å². The van der Waals surface area contributed by atoms with Crippen LogP contribution in [-0.4, -0.2) is 10.2 Å². The van der Waals surface area contributed by atoms with Gasteiger partial charge in [0.25, 0.3) is 0 Å². The summed E-state index contributed by atoms with van der Waals surface area (Å²) in [6.45, 7) is 4.15. The normalized spacial score (nSPS) is 10.7. The van der Waals surface area contributed by atoms with Gasteiger partial charge in [0.2, 0.25) is 0 Å². The molecule has 3 aromatic rings. The molecule has 0 saturated heterocycles. The van der Waals surface area contributed by atoms with Crippen LogP contribution in [0.15, 0.2) is 59.6 Å². The highest BCUT2D eigenvalue weighted by molar-refractivity contribution is 7.98. The van der Waals surface area contributed by atoms with E-state index in [1.807, 2.05) is 12.1 Å². The lowest BCUT2D eigenvalue weighted by Gasteiger charge is -2.07. The second-order valence-electron chi connectivity index (χ2n) is 5.49. The van der Waals surface area contributed by atoms with Crippen molar-refractivity contribution >= 4 is 11.8 Å². The van der Waals surface area contributed by atoms with Gasteiger partial charge in [-0.15, -0.1) is 10.2 Å². The van der Waals surface area contributed by atoms with Crippen molar-refractivity contribution in [1.29, 1.82) is 0 Å². The highest BCUT2D eigenvalue weighted by atomic mass is 32.2. The molecule has 2 aromatic carbocycles. The lowest BCUT2D eigenvalue weighted by molar-refractivity contribution is 0.627. The number of nitrogens with zero attached hydrogens (tertiary/aromatic N) is 2. The number of rotatable bonds is 4. The Bertz CT molecular complexity index is 799. The van der Waals surface area contributed by atoms with E-state index >= 15 is 0 Å². The fourth-order valence-corrected chi connectivity index (χ4v) is 3.06. The molecular weight excluding hydrogens is 307 g/mol. The first-order valence-electron chi connectivity index (χ1n) is 7.40. The summed E-state index contributed by atoms with van der Waals surface area (Å²) in [6.07, 6.45) is 0. The number of aryl methyl sites for hydroxylation is 2. The van der Waals surface area contributed by atoms with Crippen molar-refractivity contribution in [3.05, 3.63) is 77.1 Å². The zero-order chi connectivity index (χ0) is 16.2. The van der Waals surface area contributed by atoms with Crippen molar-refractivity contribution in [1.82, 2.24) is 10.2 Å². The minimum absolute atomic E-state index is 0.212. The Kier molecular flexibility index (Phi) is 4.72. The van der Waals surface area contributed by atoms with Crippen LogP contribution >= 0.6 is 11.8 Å². The molecule has 0 saturated carbocycles. The van der Waals surface area contributed by atoms with Crippen LogP contribution in [0.3, 0.4) is 0 Å². The molecule has 116 valence electrons. The van der Waals surface area contributed by atoms with Gasteiger partial charge in [-0.3, -0.25) is 0 Å². The van der Waals surface area contributed by atoms with Crippen LogP contribution in [0.2, 0.25) is 0 Å². The van der Waals surface area contributed by atoms with Gasteiger partial charge in [-0.05, 0) is 55.3 Å². The average Bonchev–Trinajstić information content (AvgIpc) is 2.57. The van der Waals surface area contributed by atoms with Crippen molar-refractivity contribution < 1.29 is 4.39 Å². The van der Waals surface area contributed by atoms with Crippen molar-refractivity contribution in [2.45, 2.75) is 24.6 Å². The molecule has 0 aliphatic rings. The first-order chi connectivity index (χ1) is 11.1. The molecular formula is C19H17FN2S. The van der Waals surface area contributed by atoms with E-state index in [1.54, 1.807) is 23.9 Å². The molecule has 0 bridgehead atoms. The number of halogens is 1. The van der Waals surface area contributed by atoms with Crippen LogP contribution in [-0.2, 0) is 5.75 Å². The molecule has 0 amide bonds. The molecule has 3 rings (SSSR count). The molecule has 4 heteroatoms. The predicted molar refractivity (Wildman–Crippen MR) is 92.9 cm³/mol. The molecule has 0 unspecified atom stereocenters. The van der Waals surface area contributed by atoms with Crippen molar-refractivity contribution in [2.24, 2.45) is 0 Å². The Morgan fingerprint density at radius 1 is 0.913 bits per heavy atom. The van der Waals surface area contributed by atoms with Crippen LogP contribution in [0.5, 0.6) is 0 Å². The second kappa shape index (κ2) is 6.92. The minimum Gasteiger partial charge on any atom is -0.207 e. The van der Waals surface area contributed by atoms with E-state index in [1.165, 1.54) is 23.3 Å². The summed E-state index contributed by atoms with van der Waals surface area (Å²) in [5, 5.41) is 9.51. The van der Waals surface area contributed by atoms with Gasteiger partial charge in [0, 0.05) is 11.3 Å². The Morgan fingerprint density at radius 3 is 2.39 bits per heavy atom. The fraction of sp³-hybridized carbons (Fsp3) is 0.158. The summed E-state index contributed by atoms with van der Waals surface area (Å²) in [4.78, 5) is 0. The highest BCUT2D eigenvalue weighted by Gasteiger charge is 2.06. The van der Waals surface area contributed by atoms with Gasteiger partial charge in [0.1, 0.15) is 10.8 Å². The largest absolute Gasteiger partial charge is 0.207 e. The molecule has 0 N–H and O–H groups in total. The van der Waals surface area contributed by atoms with E-state index < -0.39 is 0 Å². The van der Waals surface area contributed by atoms with Gasteiger partial charge in [-0.2, -0.15) is 0 Å². The molecule has 0 atom stereocenters. The molecule has 0 fully saturated rings. The minimum atomic E-state index is -0.212. The molecule has 0 spiro atoms. The quantitative estimate of drug-likeness (QED) is 0.618. The molecule has 1 aromatic heterocycles. The van der Waals surface area contributed by atoms with Crippen LogP contribution in [0, 0.1) is 19.7 Å². The molecule has 2 nitrogen and oxygen atoms in total. The summed E-state index contributed by atoms with van der Waals surface area (Å²) in [6, 6.07) is 16.9. The third-order valence-corrected chi connectivity index (χ3v) is 4.60. The maximum absolute atomic E-state index is 12.9. The third kappa shape index (κ3) is 3.96. The Labute approximate surface area is 139 Å². The van der Waals surface area contributed by atoms with Gasteiger partial charge in [0.05, 0.1) is 5.69 Å². The van der Waals surface area contributed by atoms with Crippen LogP contribution < -0.4 is 0 Å². The van der Waals surface area contributed by atoms with Gasteiger partial charge in [-0.25, -0.2) is 4.39 Å². The van der Waals surface area contributed by atoms with E-state index in [-0.39, 0.29) is 5.82 Å². The predicted octanol–water partition coefficient (Wildman–Crippen LogP) is 5.19. The first-order valence-corrected chi connectivity index (χ1v) is 8.39. The molecule has 23 heavy (non-hydrogen) atoms. The number of benzene rings is 2. The SMILES string of the molecule is Cc1ccc(C)c(-c2ccc(SCc3ccc(F)cc3)nn2)c1. The van der Waals surface area contributed by atoms with Crippen LogP contribution in [0.1, 0.15) is 16.7 Å². The second-order valence-corrected chi connectivity index (χ2v) is 6.49. The fourth-order valence-electron chi connectivity index (χ4n) is 2.29. The van der Waals surface area contributed by atoms with E-state index in [4.69, 9.17) is 0 Å². The van der Waals surface area contributed by atoms with Crippen molar-refractivity contribution in [3.63, 3.8) is 0 Å². The van der Waals surface area contributed by atoms with Crippen molar-refractivity contribution in [2.75, 3.05) is 0 Å². The third-order valence-electron chi connectivity index (χ3n) is 3.61. The number of aromatic nitrogens is 2. The Hall–Kier alpha value is -2.20. The zero-order valence-corrected chi connectivity index (χ0v) is 13.9. The van der Waals surface area contributed by atoms with E-state index in [2.05, 4.69) is 42.2 Å². The monoisotopic (exact) mass is 324 g/mol. The standard InChI is InChI=1S/C19H17FN2S/c1-13-3-4-14(2)17(11-13)18-9-10-19(22-21-18)23-12-15-5-7-16(20)8-6-15/h3-11H,12H2,1-2H3. The van der Waals surface area contributed by atoms with E-state index in [0.29, 0.717) is 0 Å². The summed E-state index contributed by atoms with van der Waals surface area (Å²) in [5.41, 5.74) is 5.47. The Balaban J connectivity index is 1.72. The number of hydrogen-bond acceptors (Lipinski definition) is 3. The molecule has 0 aliphatic carbocycles. The number of thioether (sulfide) groups is 1. The van der Waals surface area contributed by atoms with Crippen LogP contribution in [0.4, 0.5) is 4.39 Å². The lowest BCUT2D eigenvalue weighted by atomic mass is 10.0. The molecule has 1 heterocycles. The highest BCUT2D eigenvalue weighted by Crippen LogP contribution is 2.25. The summed E-state index contributed by atoms with van der Waals surface area (Å²) < 4.78 is 12.9. The first kappa shape index (κ1) is 15.7. The zero-order valence-electron chi connectivity index (χ0n) is 13.1. The van der Waals surface area contributed by atoms with E-state index in [9.17, 15) is 4.39 Å². The maximum atomic E-state index is 12.9. The van der Waals surface area contributed by atoms with Gasteiger partial charge in [-0.1, -0.05) is 41.6 Å². The topological polar surface area (TPSA) is 25.8 Å². The Morgan fingerprint density at radius 2 is 1.70 bits per heavy atom. The molecule has 0 radical (unpaired) electrons. The number of hydrogen-bond donors (Lipinski definition) is 0. The van der Waals surface area contributed by atoms with Gasteiger partial charge in [0.15, 0.2) is 0 Å². The smallest absolute Gasteiger partial charge is 0.123 e. The summed E-state index contributed by atoms with van der Waals surface area (Å²) >= 11 is 1.59.